The zero-order valence-electron chi connectivity index (χ0n) is 14.0. The predicted molar refractivity (Wildman–Crippen MR) is 92.6 cm³/mol. The molecular weight excluding hydrogens is 304 g/mol. The van der Waals surface area contributed by atoms with Gasteiger partial charge >= 0.3 is 0 Å². The number of rotatable bonds is 4. The Balaban J connectivity index is 1.70. The van der Waals surface area contributed by atoms with E-state index < -0.39 is 0 Å². The third-order valence-electron chi connectivity index (χ3n) is 4.32. The van der Waals surface area contributed by atoms with Crippen molar-refractivity contribution >= 4 is 17.4 Å². The highest BCUT2D eigenvalue weighted by molar-refractivity contribution is 5.93. The summed E-state index contributed by atoms with van der Waals surface area (Å²) in [5.41, 5.74) is 1.30. The molecule has 0 bridgehead atoms. The summed E-state index contributed by atoms with van der Waals surface area (Å²) in [6, 6.07) is 9.22. The molecule has 1 aliphatic rings. The first-order chi connectivity index (χ1) is 11.7. The number of amides is 1. The van der Waals surface area contributed by atoms with E-state index in [0.717, 1.165) is 37.4 Å². The summed E-state index contributed by atoms with van der Waals surface area (Å²) in [7, 11) is 1.63. The lowest BCUT2D eigenvalue weighted by molar-refractivity contribution is 0.0691. The van der Waals surface area contributed by atoms with Gasteiger partial charge in [0.2, 0.25) is 0 Å². The number of hydrogen-bond donors (Lipinski definition) is 1. The second-order valence-corrected chi connectivity index (χ2v) is 6.12. The lowest BCUT2D eigenvalue weighted by atomic mass is 9.99. The van der Waals surface area contributed by atoms with Gasteiger partial charge in [-0.2, -0.15) is 0 Å². The molecule has 1 N–H and O–H groups in total. The van der Waals surface area contributed by atoms with Crippen LogP contribution in [0.15, 0.2) is 36.7 Å². The Kier molecular flexibility index (Phi) is 4.93. The molecule has 1 saturated heterocycles. The molecule has 2 aromatic rings. The van der Waals surface area contributed by atoms with Gasteiger partial charge in [-0.15, -0.1) is 0 Å². The quantitative estimate of drug-likeness (QED) is 0.935. The molecular formula is C18H22N4O2. The van der Waals surface area contributed by atoms with Crippen molar-refractivity contribution in [1.29, 1.82) is 0 Å². The van der Waals surface area contributed by atoms with Crippen LogP contribution in [0.3, 0.4) is 0 Å². The molecule has 0 radical (unpaired) electrons. The van der Waals surface area contributed by atoms with Gasteiger partial charge < -0.3 is 15.0 Å². The van der Waals surface area contributed by atoms with Crippen LogP contribution in [0.4, 0.5) is 11.5 Å². The predicted octanol–water partition coefficient (Wildman–Crippen LogP) is 3.10. The summed E-state index contributed by atoms with van der Waals surface area (Å²) in [6.45, 7) is 3.82. The molecule has 1 fully saturated rings. The van der Waals surface area contributed by atoms with Crippen molar-refractivity contribution < 1.29 is 9.53 Å². The van der Waals surface area contributed by atoms with Gasteiger partial charge in [-0.05, 0) is 43.0 Å². The van der Waals surface area contributed by atoms with Crippen molar-refractivity contribution in [3.8, 4) is 5.75 Å². The van der Waals surface area contributed by atoms with Gasteiger partial charge in [0.15, 0.2) is 0 Å². The monoisotopic (exact) mass is 326 g/mol. The number of carbonyl (C=O) groups is 1. The van der Waals surface area contributed by atoms with Crippen LogP contribution in [0.1, 0.15) is 30.3 Å². The van der Waals surface area contributed by atoms with Crippen molar-refractivity contribution in [2.75, 3.05) is 25.5 Å². The minimum absolute atomic E-state index is 0.0259. The molecule has 126 valence electrons. The average molecular weight is 326 g/mol. The molecule has 1 amide bonds. The molecule has 1 aromatic heterocycles. The average Bonchev–Trinajstić information content (AvgIpc) is 2.63. The SMILES string of the molecule is COc1ccc(Nc2cc(C(=O)N3CCC(C)CC3)ncn2)cc1. The number of ether oxygens (including phenoxy) is 1. The van der Waals surface area contributed by atoms with Crippen LogP contribution < -0.4 is 10.1 Å². The highest BCUT2D eigenvalue weighted by Gasteiger charge is 2.22. The van der Waals surface area contributed by atoms with Crippen LogP contribution in [-0.2, 0) is 0 Å². The first-order valence-electron chi connectivity index (χ1n) is 8.18. The maximum absolute atomic E-state index is 12.6. The number of anilines is 2. The maximum Gasteiger partial charge on any atom is 0.272 e. The van der Waals surface area contributed by atoms with Gasteiger partial charge in [-0.3, -0.25) is 4.79 Å². The normalized spacial score (nSPS) is 15.2. The maximum atomic E-state index is 12.6. The van der Waals surface area contributed by atoms with E-state index >= 15 is 0 Å². The molecule has 6 heteroatoms. The lowest BCUT2D eigenvalue weighted by Gasteiger charge is -2.30. The third kappa shape index (κ3) is 3.82. The van der Waals surface area contributed by atoms with Crippen molar-refractivity contribution in [1.82, 2.24) is 14.9 Å². The van der Waals surface area contributed by atoms with E-state index in [2.05, 4.69) is 22.2 Å². The summed E-state index contributed by atoms with van der Waals surface area (Å²) < 4.78 is 5.14. The molecule has 1 aliphatic heterocycles. The Morgan fingerprint density at radius 2 is 1.92 bits per heavy atom. The number of likely N-dealkylation sites (tertiary alicyclic amines) is 1. The van der Waals surface area contributed by atoms with E-state index in [1.165, 1.54) is 6.33 Å². The van der Waals surface area contributed by atoms with Crippen LogP contribution in [0.25, 0.3) is 0 Å². The second-order valence-electron chi connectivity index (χ2n) is 6.12. The standard InChI is InChI=1S/C18H22N4O2/c1-13-7-9-22(10-8-13)18(23)16-11-17(20-12-19-16)21-14-3-5-15(24-2)6-4-14/h3-6,11-13H,7-10H2,1-2H3,(H,19,20,21). The van der Waals surface area contributed by atoms with Crippen molar-refractivity contribution in [3.05, 3.63) is 42.4 Å². The zero-order chi connectivity index (χ0) is 16.9. The Bertz CT molecular complexity index is 694. The van der Waals surface area contributed by atoms with Gasteiger partial charge in [-0.25, -0.2) is 9.97 Å². The van der Waals surface area contributed by atoms with Gasteiger partial charge in [0.05, 0.1) is 7.11 Å². The van der Waals surface area contributed by atoms with Crippen molar-refractivity contribution in [3.63, 3.8) is 0 Å². The van der Waals surface area contributed by atoms with E-state index in [0.29, 0.717) is 17.4 Å². The second kappa shape index (κ2) is 7.29. The fraction of sp³-hybridized carbons (Fsp3) is 0.389. The Morgan fingerprint density at radius 3 is 2.58 bits per heavy atom. The largest absolute Gasteiger partial charge is 0.497 e. The summed E-state index contributed by atoms with van der Waals surface area (Å²) in [5, 5.41) is 3.18. The molecule has 0 atom stereocenters. The van der Waals surface area contributed by atoms with E-state index in [-0.39, 0.29) is 5.91 Å². The van der Waals surface area contributed by atoms with E-state index in [4.69, 9.17) is 4.74 Å². The molecule has 0 spiro atoms. The number of carbonyl (C=O) groups excluding carboxylic acids is 1. The van der Waals surface area contributed by atoms with Gasteiger partial charge in [-0.1, -0.05) is 6.92 Å². The molecule has 1 aromatic carbocycles. The molecule has 3 rings (SSSR count). The number of methoxy groups -OCH3 is 1. The van der Waals surface area contributed by atoms with Gasteiger partial charge in [0, 0.05) is 24.8 Å². The number of aromatic nitrogens is 2. The Hall–Kier alpha value is -2.63. The minimum Gasteiger partial charge on any atom is -0.497 e. The summed E-state index contributed by atoms with van der Waals surface area (Å²) in [6.07, 6.45) is 3.52. The molecule has 0 aliphatic carbocycles. The minimum atomic E-state index is -0.0259. The third-order valence-corrected chi connectivity index (χ3v) is 4.32. The molecule has 0 unspecified atom stereocenters. The number of benzene rings is 1. The zero-order valence-corrected chi connectivity index (χ0v) is 14.0. The molecule has 0 saturated carbocycles. The highest BCUT2D eigenvalue weighted by atomic mass is 16.5. The topological polar surface area (TPSA) is 67.3 Å². The van der Waals surface area contributed by atoms with E-state index in [9.17, 15) is 4.79 Å². The number of hydrogen-bond acceptors (Lipinski definition) is 5. The van der Waals surface area contributed by atoms with Gasteiger partial charge in [0.25, 0.3) is 5.91 Å². The Morgan fingerprint density at radius 1 is 1.21 bits per heavy atom. The lowest BCUT2D eigenvalue weighted by Crippen LogP contribution is -2.38. The van der Waals surface area contributed by atoms with Crippen LogP contribution in [0.5, 0.6) is 5.75 Å². The summed E-state index contributed by atoms with van der Waals surface area (Å²) >= 11 is 0. The number of nitrogens with zero attached hydrogens (tertiary/aromatic N) is 3. The van der Waals surface area contributed by atoms with Gasteiger partial charge in [0.1, 0.15) is 23.6 Å². The van der Waals surface area contributed by atoms with E-state index in [1.807, 2.05) is 29.2 Å². The smallest absolute Gasteiger partial charge is 0.272 e. The van der Waals surface area contributed by atoms with Crippen LogP contribution in [0.2, 0.25) is 0 Å². The fourth-order valence-corrected chi connectivity index (χ4v) is 2.74. The summed E-state index contributed by atoms with van der Waals surface area (Å²) in [5.74, 6) is 2.05. The van der Waals surface area contributed by atoms with Crippen LogP contribution >= 0.6 is 0 Å². The summed E-state index contributed by atoms with van der Waals surface area (Å²) in [4.78, 5) is 22.8. The Labute approximate surface area is 141 Å². The van der Waals surface area contributed by atoms with Crippen LogP contribution in [-0.4, -0.2) is 41.0 Å². The number of nitrogens with one attached hydrogen (secondary N) is 1. The van der Waals surface area contributed by atoms with Crippen molar-refractivity contribution in [2.45, 2.75) is 19.8 Å². The first kappa shape index (κ1) is 16.2. The van der Waals surface area contributed by atoms with Crippen LogP contribution in [0, 0.1) is 5.92 Å². The van der Waals surface area contributed by atoms with E-state index in [1.54, 1.807) is 13.2 Å². The molecule has 2 heterocycles. The first-order valence-corrected chi connectivity index (χ1v) is 8.18. The molecule has 6 nitrogen and oxygen atoms in total. The molecule has 24 heavy (non-hydrogen) atoms. The number of piperidine rings is 1. The van der Waals surface area contributed by atoms with Crippen molar-refractivity contribution in [2.24, 2.45) is 5.92 Å². The highest BCUT2D eigenvalue weighted by Crippen LogP contribution is 2.20. The fourth-order valence-electron chi connectivity index (χ4n) is 2.74.